The number of nitrogens with zero attached hydrogens (tertiary/aromatic N) is 1. The van der Waals surface area contributed by atoms with E-state index in [0.717, 1.165) is 12.1 Å². The van der Waals surface area contributed by atoms with Crippen LogP contribution in [0, 0.1) is 5.41 Å². The van der Waals surface area contributed by atoms with E-state index in [4.69, 9.17) is 0 Å². The van der Waals surface area contributed by atoms with Crippen molar-refractivity contribution in [1.29, 1.82) is 0 Å². The molecule has 0 fully saturated rings. The van der Waals surface area contributed by atoms with Crippen molar-refractivity contribution in [2.24, 2.45) is 5.41 Å². The van der Waals surface area contributed by atoms with Crippen LogP contribution in [-0.4, -0.2) is 17.6 Å². The van der Waals surface area contributed by atoms with Crippen molar-refractivity contribution in [3.8, 4) is 5.75 Å². The molecule has 0 spiro atoms. The maximum atomic E-state index is 12.4. The Bertz CT molecular complexity index is 399. The van der Waals surface area contributed by atoms with Crippen LogP contribution < -0.4 is 4.90 Å². The van der Waals surface area contributed by atoms with E-state index in [9.17, 15) is 9.90 Å². The zero-order chi connectivity index (χ0) is 13.1. The Morgan fingerprint density at radius 1 is 1.35 bits per heavy atom. The van der Waals surface area contributed by atoms with Gasteiger partial charge in [0.1, 0.15) is 5.75 Å². The fourth-order valence-electron chi connectivity index (χ4n) is 1.62. The zero-order valence-electron chi connectivity index (χ0n) is 11.0. The van der Waals surface area contributed by atoms with Crippen LogP contribution in [0.2, 0.25) is 0 Å². The van der Waals surface area contributed by atoms with Crippen LogP contribution in [-0.2, 0) is 4.79 Å². The van der Waals surface area contributed by atoms with Gasteiger partial charge in [-0.3, -0.25) is 4.79 Å². The van der Waals surface area contributed by atoms with E-state index in [1.54, 1.807) is 23.1 Å². The number of aromatic hydroxyl groups is 1. The maximum absolute atomic E-state index is 12.4. The number of phenolic OH excluding ortho intramolecular Hbond substituents is 1. The highest BCUT2D eigenvalue weighted by Crippen LogP contribution is 2.28. The van der Waals surface area contributed by atoms with Crippen molar-refractivity contribution in [3.63, 3.8) is 0 Å². The lowest BCUT2D eigenvalue weighted by Gasteiger charge is -2.30. The molecule has 3 nitrogen and oxygen atoms in total. The van der Waals surface area contributed by atoms with E-state index >= 15 is 0 Å². The second-order valence-electron chi connectivity index (χ2n) is 4.81. The van der Waals surface area contributed by atoms with Crippen molar-refractivity contribution in [2.45, 2.75) is 34.1 Å². The molecule has 0 saturated heterocycles. The summed E-state index contributed by atoms with van der Waals surface area (Å²) in [4.78, 5) is 14.1. The topological polar surface area (TPSA) is 40.5 Å². The van der Waals surface area contributed by atoms with Gasteiger partial charge in [0, 0.05) is 23.7 Å². The lowest BCUT2D eigenvalue weighted by atomic mass is 9.88. The molecule has 0 aliphatic rings. The number of benzene rings is 1. The monoisotopic (exact) mass is 235 g/mol. The number of rotatable bonds is 4. The number of anilines is 1. The predicted molar refractivity (Wildman–Crippen MR) is 70.2 cm³/mol. The third-order valence-electron chi connectivity index (χ3n) is 3.17. The number of carbonyl (C=O) groups is 1. The van der Waals surface area contributed by atoms with Gasteiger partial charge in [-0.05, 0) is 25.5 Å². The largest absolute Gasteiger partial charge is 0.508 e. The van der Waals surface area contributed by atoms with Crippen molar-refractivity contribution >= 4 is 11.6 Å². The van der Waals surface area contributed by atoms with Crippen LogP contribution in [0.5, 0.6) is 5.75 Å². The molecule has 1 aromatic carbocycles. The van der Waals surface area contributed by atoms with Gasteiger partial charge >= 0.3 is 0 Å². The molecule has 94 valence electrons. The maximum Gasteiger partial charge on any atom is 0.232 e. The average molecular weight is 235 g/mol. The molecule has 0 saturated carbocycles. The summed E-state index contributed by atoms with van der Waals surface area (Å²) in [6.07, 6.45) is 0.793. The Balaban J connectivity index is 3.04. The molecule has 17 heavy (non-hydrogen) atoms. The van der Waals surface area contributed by atoms with Gasteiger partial charge in [-0.2, -0.15) is 0 Å². The van der Waals surface area contributed by atoms with Crippen LogP contribution in [0.25, 0.3) is 0 Å². The highest BCUT2D eigenvalue weighted by atomic mass is 16.3. The van der Waals surface area contributed by atoms with Crippen LogP contribution in [0.15, 0.2) is 24.3 Å². The van der Waals surface area contributed by atoms with Gasteiger partial charge in [-0.25, -0.2) is 0 Å². The first-order chi connectivity index (χ1) is 7.92. The highest BCUT2D eigenvalue weighted by molar-refractivity contribution is 5.97. The van der Waals surface area contributed by atoms with Crippen molar-refractivity contribution in [2.75, 3.05) is 11.4 Å². The number of amides is 1. The number of carbonyl (C=O) groups excluding carboxylic acids is 1. The van der Waals surface area contributed by atoms with Crippen LogP contribution in [0.4, 0.5) is 5.69 Å². The quantitative estimate of drug-likeness (QED) is 0.870. The molecule has 1 rings (SSSR count). The molecule has 0 bridgehead atoms. The summed E-state index contributed by atoms with van der Waals surface area (Å²) in [5, 5.41) is 9.46. The molecular weight excluding hydrogens is 214 g/mol. The first kappa shape index (κ1) is 13.6. The zero-order valence-corrected chi connectivity index (χ0v) is 11.0. The van der Waals surface area contributed by atoms with Crippen LogP contribution in [0.1, 0.15) is 34.1 Å². The van der Waals surface area contributed by atoms with E-state index < -0.39 is 0 Å². The second kappa shape index (κ2) is 5.21. The summed E-state index contributed by atoms with van der Waals surface area (Å²) < 4.78 is 0. The smallest absolute Gasteiger partial charge is 0.232 e. The van der Waals surface area contributed by atoms with Gasteiger partial charge in [-0.15, -0.1) is 0 Å². The SMILES string of the molecule is CCN(C(=O)C(C)(C)CC)c1cccc(O)c1. The fraction of sp³-hybridized carbons (Fsp3) is 0.500. The molecule has 1 N–H and O–H groups in total. The molecule has 1 aromatic rings. The minimum absolute atomic E-state index is 0.0908. The molecule has 0 aliphatic carbocycles. The first-order valence-corrected chi connectivity index (χ1v) is 6.03. The van der Waals surface area contributed by atoms with Gasteiger partial charge in [0.15, 0.2) is 0 Å². The Morgan fingerprint density at radius 3 is 2.47 bits per heavy atom. The van der Waals surface area contributed by atoms with E-state index in [1.165, 1.54) is 0 Å². The van der Waals surface area contributed by atoms with Gasteiger partial charge in [0.25, 0.3) is 0 Å². The van der Waals surface area contributed by atoms with E-state index in [-0.39, 0.29) is 17.1 Å². The Kier molecular flexibility index (Phi) is 4.16. The highest BCUT2D eigenvalue weighted by Gasteiger charge is 2.30. The average Bonchev–Trinajstić information content (AvgIpc) is 2.30. The summed E-state index contributed by atoms with van der Waals surface area (Å²) in [6, 6.07) is 6.81. The number of hydrogen-bond acceptors (Lipinski definition) is 2. The van der Waals surface area contributed by atoms with E-state index in [0.29, 0.717) is 6.54 Å². The third-order valence-corrected chi connectivity index (χ3v) is 3.17. The molecule has 0 unspecified atom stereocenters. The van der Waals surface area contributed by atoms with Crippen molar-refractivity contribution in [1.82, 2.24) is 0 Å². The number of phenols is 1. The van der Waals surface area contributed by atoms with Gasteiger partial charge < -0.3 is 10.0 Å². The van der Waals surface area contributed by atoms with E-state index in [2.05, 4.69) is 0 Å². The van der Waals surface area contributed by atoms with Crippen LogP contribution >= 0.6 is 0 Å². The molecule has 0 aliphatic heterocycles. The molecule has 0 heterocycles. The van der Waals surface area contributed by atoms with Gasteiger partial charge in [0.2, 0.25) is 5.91 Å². The second-order valence-corrected chi connectivity index (χ2v) is 4.81. The minimum atomic E-state index is -0.374. The van der Waals surface area contributed by atoms with E-state index in [1.807, 2.05) is 33.8 Å². The molecule has 3 heteroatoms. The number of hydrogen-bond donors (Lipinski definition) is 1. The summed E-state index contributed by atoms with van der Waals surface area (Å²) in [7, 11) is 0. The summed E-state index contributed by atoms with van der Waals surface area (Å²) in [5.74, 6) is 0.274. The fourth-order valence-corrected chi connectivity index (χ4v) is 1.62. The summed E-state index contributed by atoms with van der Waals surface area (Å²) >= 11 is 0. The van der Waals surface area contributed by atoms with Gasteiger partial charge in [-0.1, -0.05) is 26.8 Å². The summed E-state index contributed by atoms with van der Waals surface area (Å²) in [5.41, 5.74) is 0.376. The Morgan fingerprint density at radius 2 is 2.00 bits per heavy atom. The third kappa shape index (κ3) is 2.99. The summed E-state index contributed by atoms with van der Waals surface area (Å²) in [6.45, 7) is 8.44. The molecule has 0 atom stereocenters. The molecule has 0 radical (unpaired) electrons. The van der Waals surface area contributed by atoms with Crippen molar-refractivity contribution in [3.05, 3.63) is 24.3 Å². The molecular formula is C14H21NO2. The Labute approximate surface area is 103 Å². The normalized spacial score (nSPS) is 11.3. The van der Waals surface area contributed by atoms with Gasteiger partial charge in [0.05, 0.1) is 0 Å². The first-order valence-electron chi connectivity index (χ1n) is 6.03. The standard InChI is InChI=1S/C14H21NO2/c1-5-14(3,4)13(17)15(6-2)11-8-7-9-12(16)10-11/h7-10,16H,5-6H2,1-4H3. The predicted octanol–water partition coefficient (Wildman–Crippen LogP) is 3.18. The minimum Gasteiger partial charge on any atom is -0.508 e. The lowest BCUT2D eigenvalue weighted by molar-refractivity contribution is -0.126. The van der Waals surface area contributed by atoms with Crippen molar-refractivity contribution < 1.29 is 9.90 Å². The molecule has 0 aromatic heterocycles. The van der Waals surface area contributed by atoms with Crippen LogP contribution in [0.3, 0.4) is 0 Å². The Hall–Kier alpha value is -1.51. The lowest BCUT2D eigenvalue weighted by Crippen LogP contribution is -2.40. The molecule has 1 amide bonds.